The van der Waals surface area contributed by atoms with Crippen LogP contribution in [0, 0.1) is 5.92 Å². The van der Waals surface area contributed by atoms with Crippen molar-refractivity contribution in [2.45, 2.75) is 58.1 Å². The van der Waals surface area contributed by atoms with Gasteiger partial charge in [-0.1, -0.05) is 50.1 Å². The summed E-state index contributed by atoms with van der Waals surface area (Å²) in [6, 6.07) is 11.2. The van der Waals surface area contributed by atoms with Crippen LogP contribution in [0.3, 0.4) is 0 Å². The number of benzene rings is 1. The molecule has 0 aliphatic heterocycles. The second kappa shape index (κ2) is 8.43. The third-order valence-corrected chi connectivity index (χ3v) is 4.34. The Morgan fingerprint density at radius 3 is 2.45 bits per heavy atom. The predicted molar refractivity (Wildman–Crippen MR) is 84.8 cm³/mol. The summed E-state index contributed by atoms with van der Waals surface area (Å²) in [6.45, 7) is 6.19. The SMILES string of the molecule is CCCNC(C1CCCC1)C(OCC)c1ccccc1. The van der Waals surface area contributed by atoms with Gasteiger partial charge in [0.15, 0.2) is 0 Å². The number of nitrogens with one attached hydrogen (secondary N) is 1. The zero-order chi connectivity index (χ0) is 14.2. The van der Waals surface area contributed by atoms with Crippen LogP contribution in [0.4, 0.5) is 0 Å². The van der Waals surface area contributed by atoms with Gasteiger partial charge >= 0.3 is 0 Å². The maximum absolute atomic E-state index is 6.14. The van der Waals surface area contributed by atoms with Crippen molar-refractivity contribution in [2.75, 3.05) is 13.2 Å². The van der Waals surface area contributed by atoms with E-state index in [9.17, 15) is 0 Å². The van der Waals surface area contributed by atoms with Gasteiger partial charge in [0.1, 0.15) is 0 Å². The van der Waals surface area contributed by atoms with E-state index in [1.807, 2.05) is 0 Å². The fraction of sp³-hybridized carbons (Fsp3) is 0.667. The molecule has 0 saturated heterocycles. The standard InChI is InChI=1S/C18H29NO/c1-3-14-19-17(15-10-8-9-11-15)18(20-4-2)16-12-6-5-7-13-16/h5-7,12-13,15,17-19H,3-4,8-11,14H2,1-2H3. The van der Waals surface area contributed by atoms with Gasteiger partial charge in [-0.3, -0.25) is 0 Å². The summed E-state index contributed by atoms with van der Waals surface area (Å²) in [6.07, 6.45) is 6.81. The Labute approximate surface area is 123 Å². The summed E-state index contributed by atoms with van der Waals surface area (Å²) < 4.78 is 6.14. The van der Waals surface area contributed by atoms with Gasteiger partial charge in [-0.15, -0.1) is 0 Å². The number of hydrogen-bond donors (Lipinski definition) is 1. The van der Waals surface area contributed by atoms with Crippen LogP contribution in [-0.4, -0.2) is 19.2 Å². The Balaban J connectivity index is 2.16. The molecule has 2 atom stereocenters. The van der Waals surface area contributed by atoms with Crippen LogP contribution in [0.1, 0.15) is 57.6 Å². The molecule has 0 radical (unpaired) electrons. The first-order valence-corrected chi connectivity index (χ1v) is 8.26. The topological polar surface area (TPSA) is 21.3 Å². The van der Waals surface area contributed by atoms with E-state index < -0.39 is 0 Å². The van der Waals surface area contributed by atoms with E-state index in [2.05, 4.69) is 49.5 Å². The molecule has 1 fully saturated rings. The van der Waals surface area contributed by atoms with Crippen LogP contribution in [0.15, 0.2) is 30.3 Å². The number of hydrogen-bond acceptors (Lipinski definition) is 2. The van der Waals surface area contributed by atoms with Gasteiger partial charge in [0, 0.05) is 12.6 Å². The fourth-order valence-corrected chi connectivity index (χ4v) is 3.38. The first-order valence-electron chi connectivity index (χ1n) is 8.26. The normalized spacial score (nSPS) is 19.1. The monoisotopic (exact) mass is 275 g/mol. The summed E-state index contributed by atoms with van der Waals surface area (Å²) in [4.78, 5) is 0. The van der Waals surface area contributed by atoms with Crippen molar-refractivity contribution in [3.8, 4) is 0 Å². The van der Waals surface area contributed by atoms with E-state index in [1.54, 1.807) is 0 Å². The van der Waals surface area contributed by atoms with E-state index in [0.717, 1.165) is 19.1 Å². The van der Waals surface area contributed by atoms with Gasteiger partial charge in [-0.2, -0.15) is 0 Å². The third-order valence-electron chi connectivity index (χ3n) is 4.34. The molecule has 0 heterocycles. The summed E-state index contributed by atoms with van der Waals surface area (Å²) in [5.41, 5.74) is 1.31. The molecule has 0 bridgehead atoms. The van der Waals surface area contributed by atoms with Gasteiger partial charge in [0.2, 0.25) is 0 Å². The Morgan fingerprint density at radius 1 is 1.15 bits per heavy atom. The minimum Gasteiger partial charge on any atom is -0.372 e. The molecule has 112 valence electrons. The quantitative estimate of drug-likeness (QED) is 0.763. The Morgan fingerprint density at radius 2 is 1.85 bits per heavy atom. The van der Waals surface area contributed by atoms with Gasteiger partial charge in [0.05, 0.1) is 6.10 Å². The van der Waals surface area contributed by atoms with Crippen molar-refractivity contribution < 1.29 is 4.74 Å². The molecule has 2 nitrogen and oxygen atoms in total. The molecular weight excluding hydrogens is 246 g/mol. The molecule has 20 heavy (non-hydrogen) atoms. The molecule has 2 rings (SSSR count). The zero-order valence-corrected chi connectivity index (χ0v) is 13.0. The van der Waals surface area contributed by atoms with E-state index in [-0.39, 0.29) is 6.10 Å². The highest BCUT2D eigenvalue weighted by atomic mass is 16.5. The van der Waals surface area contributed by atoms with Gasteiger partial charge in [-0.05, 0) is 44.2 Å². The zero-order valence-electron chi connectivity index (χ0n) is 13.0. The van der Waals surface area contributed by atoms with Crippen LogP contribution in [0.25, 0.3) is 0 Å². The van der Waals surface area contributed by atoms with E-state index in [1.165, 1.54) is 37.7 Å². The lowest BCUT2D eigenvalue weighted by Crippen LogP contribution is -2.41. The molecule has 1 N–H and O–H groups in total. The molecule has 0 aromatic heterocycles. The average Bonchev–Trinajstić information content (AvgIpc) is 3.01. The van der Waals surface area contributed by atoms with Crippen molar-refractivity contribution in [2.24, 2.45) is 5.92 Å². The largest absolute Gasteiger partial charge is 0.372 e. The van der Waals surface area contributed by atoms with Gasteiger partial charge in [0.25, 0.3) is 0 Å². The lowest BCUT2D eigenvalue weighted by Gasteiger charge is -2.33. The van der Waals surface area contributed by atoms with Crippen molar-refractivity contribution in [3.63, 3.8) is 0 Å². The second-order valence-electron chi connectivity index (χ2n) is 5.81. The minimum atomic E-state index is 0.191. The van der Waals surface area contributed by atoms with Crippen LogP contribution < -0.4 is 5.32 Å². The van der Waals surface area contributed by atoms with Gasteiger partial charge in [-0.25, -0.2) is 0 Å². The first kappa shape index (κ1) is 15.5. The maximum Gasteiger partial charge on any atom is 0.0980 e. The first-order chi connectivity index (χ1) is 9.86. The molecular formula is C18H29NO. The average molecular weight is 275 g/mol. The van der Waals surface area contributed by atoms with Crippen LogP contribution in [0.2, 0.25) is 0 Å². The van der Waals surface area contributed by atoms with Crippen LogP contribution in [0.5, 0.6) is 0 Å². The highest BCUT2D eigenvalue weighted by Gasteiger charge is 2.32. The van der Waals surface area contributed by atoms with Crippen molar-refractivity contribution >= 4 is 0 Å². The molecule has 1 saturated carbocycles. The van der Waals surface area contributed by atoms with Crippen molar-refractivity contribution in [1.82, 2.24) is 5.32 Å². The lowest BCUT2D eigenvalue weighted by molar-refractivity contribution is 0.0165. The van der Waals surface area contributed by atoms with Crippen molar-refractivity contribution in [3.05, 3.63) is 35.9 Å². The summed E-state index contributed by atoms with van der Waals surface area (Å²) in [5, 5.41) is 3.77. The lowest BCUT2D eigenvalue weighted by atomic mass is 9.89. The highest BCUT2D eigenvalue weighted by molar-refractivity contribution is 5.19. The van der Waals surface area contributed by atoms with E-state index >= 15 is 0 Å². The Hall–Kier alpha value is -0.860. The summed E-state index contributed by atoms with van der Waals surface area (Å²) >= 11 is 0. The maximum atomic E-state index is 6.14. The molecule has 0 amide bonds. The molecule has 1 aromatic rings. The highest BCUT2D eigenvalue weighted by Crippen LogP contribution is 2.35. The third kappa shape index (κ3) is 4.07. The van der Waals surface area contributed by atoms with E-state index in [0.29, 0.717) is 6.04 Å². The molecule has 2 unspecified atom stereocenters. The van der Waals surface area contributed by atoms with Crippen molar-refractivity contribution in [1.29, 1.82) is 0 Å². The second-order valence-corrected chi connectivity index (χ2v) is 5.81. The molecule has 0 spiro atoms. The Kier molecular flexibility index (Phi) is 6.55. The number of ether oxygens (including phenoxy) is 1. The smallest absolute Gasteiger partial charge is 0.0980 e. The molecule has 1 aliphatic rings. The molecule has 1 aromatic carbocycles. The minimum absolute atomic E-state index is 0.191. The summed E-state index contributed by atoms with van der Waals surface area (Å²) in [5.74, 6) is 0.762. The fourth-order valence-electron chi connectivity index (χ4n) is 3.38. The summed E-state index contributed by atoms with van der Waals surface area (Å²) in [7, 11) is 0. The Bertz CT molecular complexity index is 359. The number of rotatable bonds is 8. The van der Waals surface area contributed by atoms with Crippen LogP contribution in [-0.2, 0) is 4.74 Å². The molecule has 2 heteroatoms. The van der Waals surface area contributed by atoms with Crippen LogP contribution >= 0.6 is 0 Å². The van der Waals surface area contributed by atoms with Gasteiger partial charge < -0.3 is 10.1 Å². The van der Waals surface area contributed by atoms with E-state index in [4.69, 9.17) is 4.74 Å². The molecule has 1 aliphatic carbocycles. The predicted octanol–water partition coefficient (Wildman–Crippen LogP) is 4.32.